The minimum Gasteiger partial charge on any atom is -0.462 e. The molecule has 0 N–H and O–H groups in total. The van der Waals surface area contributed by atoms with Crippen LogP contribution in [-0.2, 0) is 28.6 Å². The van der Waals surface area contributed by atoms with Gasteiger partial charge in [0.1, 0.15) is 13.2 Å². The molecule has 1 unspecified atom stereocenters. The van der Waals surface area contributed by atoms with E-state index in [9.17, 15) is 14.4 Å². The van der Waals surface area contributed by atoms with Gasteiger partial charge in [-0.1, -0.05) is 288 Å². The molecule has 6 heteroatoms. The van der Waals surface area contributed by atoms with Crippen molar-refractivity contribution in [2.45, 2.75) is 284 Å². The van der Waals surface area contributed by atoms with Gasteiger partial charge in [-0.3, -0.25) is 14.4 Å². The highest BCUT2D eigenvalue weighted by molar-refractivity contribution is 5.72. The molecule has 0 aromatic carbocycles. The summed E-state index contributed by atoms with van der Waals surface area (Å²) >= 11 is 0. The summed E-state index contributed by atoms with van der Waals surface area (Å²) in [5.41, 5.74) is 0. The summed E-state index contributed by atoms with van der Waals surface area (Å²) in [6.45, 7) is 6.29. The number of carbonyl (C=O) groups is 3. The lowest BCUT2D eigenvalue weighted by molar-refractivity contribution is -0.166. The Morgan fingerprint density at radius 3 is 0.864 bits per heavy atom. The molecule has 81 heavy (non-hydrogen) atoms. The van der Waals surface area contributed by atoms with Crippen LogP contribution in [-0.4, -0.2) is 37.2 Å². The molecule has 0 aliphatic rings. The van der Waals surface area contributed by atoms with Crippen LogP contribution in [0.15, 0.2) is 158 Å². The Hall–Kier alpha value is -4.97. The van der Waals surface area contributed by atoms with Gasteiger partial charge < -0.3 is 14.2 Å². The highest BCUT2D eigenvalue weighted by Crippen LogP contribution is 2.15. The third kappa shape index (κ3) is 65.7. The Bertz CT molecular complexity index is 1810. The zero-order valence-corrected chi connectivity index (χ0v) is 52.2. The summed E-state index contributed by atoms with van der Waals surface area (Å²) in [5.74, 6) is -1.06. The third-order valence-electron chi connectivity index (χ3n) is 13.5. The molecule has 0 bridgehead atoms. The lowest BCUT2D eigenvalue weighted by Gasteiger charge is -2.18. The van der Waals surface area contributed by atoms with E-state index < -0.39 is 12.1 Å². The fraction of sp³-hybridized carbons (Fsp3) is 0.613. The highest BCUT2D eigenvalue weighted by atomic mass is 16.6. The largest absolute Gasteiger partial charge is 0.462 e. The smallest absolute Gasteiger partial charge is 0.309 e. The minimum absolute atomic E-state index is 0.117. The fourth-order valence-electron chi connectivity index (χ4n) is 8.67. The van der Waals surface area contributed by atoms with Crippen LogP contribution in [0.5, 0.6) is 0 Å². The zero-order valence-electron chi connectivity index (χ0n) is 52.2. The molecule has 0 fully saturated rings. The lowest BCUT2D eigenvalue weighted by atomic mass is 10.0. The number of ether oxygens (including phenoxy) is 3. The van der Waals surface area contributed by atoms with Crippen LogP contribution < -0.4 is 0 Å². The fourth-order valence-corrected chi connectivity index (χ4v) is 8.67. The van der Waals surface area contributed by atoms with Crippen molar-refractivity contribution in [3.8, 4) is 0 Å². The molecule has 456 valence electrons. The van der Waals surface area contributed by atoms with E-state index in [4.69, 9.17) is 14.2 Å². The van der Waals surface area contributed by atoms with Gasteiger partial charge in [0.15, 0.2) is 6.10 Å². The van der Waals surface area contributed by atoms with Crippen LogP contribution >= 0.6 is 0 Å². The average Bonchev–Trinajstić information content (AvgIpc) is 3.47. The van der Waals surface area contributed by atoms with Crippen molar-refractivity contribution in [2.75, 3.05) is 13.2 Å². The van der Waals surface area contributed by atoms with Crippen LogP contribution in [0.1, 0.15) is 278 Å². The Balaban J connectivity index is 4.36. The molecule has 6 nitrogen and oxygen atoms in total. The van der Waals surface area contributed by atoms with E-state index in [0.29, 0.717) is 12.8 Å². The van der Waals surface area contributed by atoms with Gasteiger partial charge in [0, 0.05) is 12.8 Å². The number of hydrogen-bond donors (Lipinski definition) is 0. The summed E-state index contributed by atoms with van der Waals surface area (Å²) in [5, 5.41) is 0. The van der Waals surface area contributed by atoms with Gasteiger partial charge in [-0.15, -0.1) is 0 Å². The maximum absolute atomic E-state index is 12.9. The summed E-state index contributed by atoms with van der Waals surface area (Å²) in [7, 11) is 0. The molecule has 0 heterocycles. The third-order valence-corrected chi connectivity index (χ3v) is 13.5. The van der Waals surface area contributed by atoms with Crippen molar-refractivity contribution in [2.24, 2.45) is 0 Å². The van der Waals surface area contributed by atoms with Crippen LogP contribution in [0.25, 0.3) is 0 Å². The van der Waals surface area contributed by atoms with Gasteiger partial charge in [-0.05, 0) is 128 Å². The Morgan fingerprint density at radius 2 is 0.531 bits per heavy atom. The highest BCUT2D eigenvalue weighted by Gasteiger charge is 2.19. The second kappa shape index (κ2) is 67.5. The first-order valence-corrected chi connectivity index (χ1v) is 33.0. The van der Waals surface area contributed by atoms with Crippen LogP contribution in [0.3, 0.4) is 0 Å². The van der Waals surface area contributed by atoms with Crippen molar-refractivity contribution in [1.82, 2.24) is 0 Å². The van der Waals surface area contributed by atoms with E-state index >= 15 is 0 Å². The van der Waals surface area contributed by atoms with Crippen LogP contribution in [0.2, 0.25) is 0 Å². The Kier molecular flexibility index (Phi) is 63.4. The number of unbranched alkanes of at least 4 members (excludes halogenated alkanes) is 22. The Morgan fingerprint density at radius 1 is 0.272 bits per heavy atom. The molecule has 0 aromatic heterocycles. The molecule has 0 rings (SSSR count). The topological polar surface area (TPSA) is 78.9 Å². The molecule has 0 saturated heterocycles. The van der Waals surface area contributed by atoms with Gasteiger partial charge >= 0.3 is 17.9 Å². The quantitative estimate of drug-likeness (QED) is 0.0261. The first kappa shape index (κ1) is 76.0. The summed E-state index contributed by atoms with van der Waals surface area (Å²) in [4.78, 5) is 38.3. The zero-order chi connectivity index (χ0) is 58.5. The number of esters is 3. The van der Waals surface area contributed by atoms with E-state index in [1.807, 2.05) is 6.08 Å². The number of hydrogen-bond acceptors (Lipinski definition) is 6. The van der Waals surface area contributed by atoms with Crippen molar-refractivity contribution < 1.29 is 28.6 Å². The van der Waals surface area contributed by atoms with Gasteiger partial charge in [0.05, 0.1) is 6.42 Å². The predicted molar refractivity (Wildman–Crippen MR) is 352 cm³/mol. The summed E-state index contributed by atoms with van der Waals surface area (Å²) < 4.78 is 16.8. The predicted octanol–water partition coefficient (Wildman–Crippen LogP) is 22.9. The number of allylic oxidation sites excluding steroid dienone is 25. The molecule has 0 saturated carbocycles. The maximum Gasteiger partial charge on any atom is 0.309 e. The van der Waals surface area contributed by atoms with Gasteiger partial charge in [0.2, 0.25) is 0 Å². The lowest BCUT2D eigenvalue weighted by Crippen LogP contribution is -2.30. The van der Waals surface area contributed by atoms with Crippen LogP contribution in [0.4, 0.5) is 0 Å². The average molecular weight is 1120 g/mol. The van der Waals surface area contributed by atoms with E-state index in [2.05, 4.69) is 167 Å². The number of carbonyl (C=O) groups excluding carboxylic acids is 3. The van der Waals surface area contributed by atoms with Crippen LogP contribution in [0, 0.1) is 0 Å². The van der Waals surface area contributed by atoms with E-state index in [1.54, 1.807) is 6.08 Å². The van der Waals surface area contributed by atoms with E-state index in [1.165, 1.54) is 116 Å². The monoisotopic (exact) mass is 1120 g/mol. The molecule has 0 aliphatic heterocycles. The maximum atomic E-state index is 12.9. The van der Waals surface area contributed by atoms with Gasteiger partial charge in [-0.2, -0.15) is 0 Å². The first-order valence-electron chi connectivity index (χ1n) is 33.0. The van der Waals surface area contributed by atoms with E-state index in [0.717, 1.165) is 122 Å². The van der Waals surface area contributed by atoms with E-state index in [-0.39, 0.29) is 31.6 Å². The molecule has 0 radical (unpaired) electrons. The normalized spacial score (nSPS) is 13.2. The molecule has 0 amide bonds. The number of rotatable bonds is 58. The molecular weight excluding hydrogens is 997 g/mol. The van der Waals surface area contributed by atoms with Gasteiger partial charge in [-0.25, -0.2) is 0 Å². The van der Waals surface area contributed by atoms with Crippen molar-refractivity contribution in [3.63, 3.8) is 0 Å². The molecule has 1 atom stereocenters. The summed E-state index contributed by atoms with van der Waals surface area (Å²) in [6.07, 6.45) is 98.5. The van der Waals surface area contributed by atoms with Gasteiger partial charge in [0.25, 0.3) is 0 Å². The molecule has 0 aromatic rings. The molecular formula is C75H120O6. The summed E-state index contributed by atoms with van der Waals surface area (Å²) in [6, 6.07) is 0. The van der Waals surface area contributed by atoms with Crippen molar-refractivity contribution >= 4 is 17.9 Å². The second-order valence-corrected chi connectivity index (χ2v) is 21.3. The second-order valence-electron chi connectivity index (χ2n) is 21.3. The molecule has 0 spiro atoms. The SMILES string of the molecule is CC/C=C\C/C=C\C/C=C\C/C=C\C/C=C\C/C=C\CCCCCCCCCCCCCCC(=O)OCC(COC(=O)C/C=C\C/C=C\C/C=C\C/C=C\C/C=C\CC)OC(=O)CCCCCCCCC/C=C\C/C=C\CCCCC. The minimum atomic E-state index is -0.831. The molecule has 0 aliphatic carbocycles. The van der Waals surface area contributed by atoms with Crippen molar-refractivity contribution in [3.05, 3.63) is 158 Å². The van der Waals surface area contributed by atoms with Crippen molar-refractivity contribution in [1.29, 1.82) is 0 Å². The first-order chi connectivity index (χ1) is 40.0. The standard InChI is InChI=1S/C75H120O6/c1-4-7-10-13-16-19-22-25-28-30-31-32-33-34-35-36-37-38-39-40-41-42-43-45-47-50-53-56-59-62-65-68-74(77)80-71-72(70-79-73(76)67-64-61-58-55-52-49-46-27-24-21-18-15-12-9-6-3)81-75(78)69-66-63-60-57-54-51-48-44-29-26-23-20-17-14-11-8-5-2/h7,9-10,12,16-21,25-29,31-32,34-35,37-38,46,52,55,61,64,72H,4-6,8,11,13-15,22-24,30,33,36,39-45,47-51,53-54,56-60,62-63,65-71H2,1-3H3/b10-7-,12-9-,19-16-,20-17-,21-18-,28-25-,29-26-,32-31-,35-34-,38-37-,46-27-,55-52-,64-61-. The Labute approximate surface area is 499 Å².